The Balaban J connectivity index is 1.63. The minimum atomic E-state index is -0.424. The first-order valence-electron chi connectivity index (χ1n) is 8.08. The Hall–Kier alpha value is -2.63. The molecule has 1 aliphatic heterocycles. The number of rotatable bonds is 5. The van der Waals surface area contributed by atoms with Crippen LogP contribution in [0.4, 0.5) is 0 Å². The first kappa shape index (κ1) is 16.2. The van der Waals surface area contributed by atoms with Crippen LogP contribution >= 0.6 is 0 Å². The van der Waals surface area contributed by atoms with Crippen LogP contribution < -0.4 is 5.32 Å². The SMILES string of the molecule is Cc1ccc(CN2C(=O)CC[C@@H]2C(=O)NCc2cc(C)on2)cc1. The molecule has 6 nitrogen and oxygen atoms in total. The molecule has 1 N–H and O–H groups in total. The Morgan fingerprint density at radius 1 is 1.33 bits per heavy atom. The summed E-state index contributed by atoms with van der Waals surface area (Å²) in [4.78, 5) is 26.3. The average Bonchev–Trinajstić information content (AvgIpc) is 3.14. The summed E-state index contributed by atoms with van der Waals surface area (Å²) in [7, 11) is 0. The molecular formula is C18H21N3O3. The molecule has 2 amide bonds. The number of carbonyl (C=O) groups is 2. The molecule has 2 heterocycles. The summed E-state index contributed by atoms with van der Waals surface area (Å²) in [6, 6.07) is 9.37. The maximum atomic E-state index is 12.5. The van der Waals surface area contributed by atoms with Gasteiger partial charge in [0, 0.05) is 19.0 Å². The molecule has 126 valence electrons. The van der Waals surface area contributed by atoms with Crippen molar-refractivity contribution in [2.24, 2.45) is 0 Å². The second kappa shape index (κ2) is 6.86. The lowest BCUT2D eigenvalue weighted by molar-refractivity contribution is -0.135. The summed E-state index contributed by atoms with van der Waals surface area (Å²) in [5, 5.41) is 6.70. The van der Waals surface area contributed by atoms with E-state index in [-0.39, 0.29) is 11.8 Å². The van der Waals surface area contributed by atoms with Crippen molar-refractivity contribution in [3.05, 3.63) is 52.9 Å². The predicted octanol–water partition coefficient (Wildman–Crippen LogP) is 2.10. The van der Waals surface area contributed by atoms with Crippen molar-refractivity contribution in [3.63, 3.8) is 0 Å². The lowest BCUT2D eigenvalue weighted by atomic mass is 10.1. The van der Waals surface area contributed by atoms with Crippen LogP contribution in [0.25, 0.3) is 0 Å². The maximum Gasteiger partial charge on any atom is 0.243 e. The zero-order valence-electron chi connectivity index (χ0n) is 13.9. The fraction of sp³-hybridized carbons (Fsp3) is 0.389. The Morgan fingerprint density at radius 3 is 2.75 bits per heavy atom. The molecular weight excluding hydrogens is 306 g/mol. The summed E-state index contributed by atoms with van der Waals surface area (Å²) in [6.45, 7) is 4.59. The van der Waals surface area contributed by atoms with Gasteiger partial charge in [-0.15, -0.1) is 0 Å². The van der Waals surface area contributed by atoms with Crippen LogP contribution in [0, 0.1) is 13.8 Å². The zero-order chi connectivity index (χ0) is 17.1. The van der Waals surface area contributed by atoms with Gasteiger partial charge in [0.25, 0.3) is 0 Å². The Labute approximate surface area is 140 Å². The van der Waals surface area contributed by atoms with Crippen LogP contribution in [0.2, 0.25) is 0 Å². The number of likely N-dealkylation sites (tertiary alicyclic amines) is 1. The van der Waals surface area contributed by atoms with Gasteiger partial charge in [0.1, 0.15) is 17.5 Å². The van der Waals surface area contributed by atoms with Crippen molar-refractivity contribution < 1.29 is 14.1 Å². The van der Waals surface area contributed by atoms with Gasteiger partial charge >= 0.3 is 0 Å². The molecule has 1 saturated heterocycles. The first-order valence-corrected chi connectivity index (χ1v) is 8.08. The van der Waals surface area contributed by atoms with Crippen LogP contribution in [0.1, 0.15) is 35.4 Å². The fourth-order valence-corrected chi connectivity index (χ4v) is 2.89. The van der Waals surface area contributed by atoms with Crippen molar-refractivity contribution in [1.82, 2.24) is 15.4 Å². The number of aryl methyl sites for hydroxylation is 2. The van der Waals surface area contributed by atoms with Gasteiger partial charge in [-0.05, 0) is 25.8 Å². The molecule has 0 bridgehead atoms. The van der Waals surface area contributed by atoms with Crippen LogP contribution in [0.5, 0.6) is 0 Å². The summed E-state index contributed by atoms with van der Waals surface area (Å²) >= 11 is 0. The average molecular weight is 327 g/mol. The van der Waals surface area contributed by atoms with Crippen LogP contribution in [-0.4, -0.2) is 27.9 Å². The van der Waals surface area contributed by atoms with Gasteiger partial charge in [-0.3, -0.25) is 9.59 Å². The zero-order valence-corrected chi connectivity index (χ0v) is 13.9. The van der Waals surface area contributed by atoms with E-state index in [1.165, 1.54) is 5.56 Å². The normalized spacial score (nSPS) is 17.3. The highest BCUT2D eigenvalue weighted by Gasteiger charge is 2.35. The van der Waals surface area contributed by atoms with Gasteiger partial charge in [0.15, 0.2) is 0 Å². The molecule has 24 heavy (non-hydrogen) atoms. The van der Waals surface area contributed by atoms with E-state index in [1.54, 1.807) is 17.9 Å². The fourth-order valence-electron chi connectivity index (χ4n) is 2.89. The van der Waals surface area contributed by atoms with E-state index in [2.05, 4.69) is 10.5 Å². The van der Waals surface area contributed by atoms with Crippen LogP contribution in [0.3, 0.4) is 0 Å². The van der Waals surface area contributed by atoms with Crippen molar-refractivity contribution in [2.75, 3.05) is 0 Å². The molecule has 1 fully saturated rings. The predicted molar refractivity (Wildman–Crippen MR) is 87.8 cm³/mol. The number of nitrogens with zero attached hydrogens (tertiary/aromatic N) is 2. The molecule has 1 atom stereocenters. The van der Waals surface area contributed by atoms with Gasteiger partial charge in [-0.2, -0.15) is 0 Å². The highest BCUT2D eigenvalue weighted by atomic mass is 16.5. The maximum absolute atomic E-state index is 12.5. The Bertz CT molecular complexity index is 736. The standard InChI is InChI=1S/C18H21N3O3/c1-12-3-5-14(6-4-12)11-21-16(7-8-17(21)22)18(23)19-10-15-9-13(2)24-20-15/h3-6,9,16H,7-8,10-11H2,1-2H3,(H,19,23)/t16-/m1/s1. The lowest BCUT2D eigenvalue weighted by Crippen LogP contribution is -2.44. The van der Waals surface area contributed by atoms with Gasteiger partial charge < -0.3 is 14.7 Å². The third kappa shape index (κ3) is 3.64. The van der Waals surface area contributed by atoms with Crippen molar-refractivity contribution in [1.29, 1.82) is 0 Å². The van der Waals surface area contributed by atoms with E-state index in [9.17, 15) is 9.59 Å². The minimum absolute atomic E-state index is 0.0213. The quantitative estimate of drug-likeness (QED) is 0.912. The van der Waals surface area contributed by atoms with E-state index in [4.69, 9.17) is 4.52 Å². The number of nitrogens with one attached hydrogen (secondary N) is 1. The third-order valence-electron chi connectivity index (χ3n) is 4.22. The Kier molecular flexibility index (Phi) is 4.64. The molecule has 0 spiro atoms. The van der Waals surface area contributed by atoms with Gasteiger partial charge in [0.05, 0.1) is 6.54 Å². The summed E-state index contributed by atoms with van der Waals surface area (Å²) in [5.74, 6) is 0.581. The second-order valence-corrected chi connectivity index (χ2v) is 6.21. The first-order chi connectivity index (χ1) is 11.5. The van der Waals surface area contributed by atoms with E-state index in [0.29, 0.717) is 37.4 Å². The molecule has 0 aliphatic carbocycles. The number of amides is 2. The molecule has 1 aromatic heterocycles. The number of benzene rings is 1. The van der Waals surface area contributed by atoms with Gasteiger partial charge in [-0.25, -0.2) is 0 Å². The molecule has 0 unspecified atom stereocenters. The largest absolute Gasteiger partial charge is 0.361 e. The van der Waals surface area contributed by atoms with E-state index in [1.807, 2.05) is 31.2 Å². The van der Waals surface area contributed by atoms with Gasteiger partial charge in [-0.1, -0.05) is 35.0 Å². The van der Waals surface area contributed by atoms with Gasteiger partial charge in [0.2, 0.25) is 11.8 Å². The second-order valence-electron chi connectivity index (χ2n) is 6.21. The Morgan fingerprint density at radius 2 is 2.08 bits per heavy atom. The smallest absolute Gasteiger partial charge is 0.243 e. The molecule has 1 aliphatic rings. The number of aromatic nitrogens is 1. The molecule has 3 rings (SSSR count). The molecule has 0 saturated carbocycles. The van der Waals surface area contributed by atoms with Crippen molar-refractivity contribution >= 4 is 11.8 Å². The summed E-state index contributed by atoms with van der Waals surface area (Å²) < 4.78 is 4.98. The minimum Gasteiger partial charge on any atom is -0.361 e. The van der Waals surface area contributed by atoms with Crippen LogP contribution in [0.15, 0.2) is 34.9 Å². The molecule has 2 aromatic rings. The lowest BCUT2D eigenvalue weighted by Gasteiger charge is -2.24. The van der Waals surface area contributed by atoms with Crippen molar-refractivity contribution in [2.45, 2.75) is 45.8 Å². The highest BCUT2D eigenvalue weighted by molar-refractivity contribution is 5.90. The number of hydrogen-bond acceptors (Lipinski definition) is 4. The van der Waals surface area contributed by atoms with E-state index >= 15 is 0 Å². The van der Waals surface area contributed by atoms with Crippen LogP contribution in [-0.2, 0) is 22.7 Å². The van der Waals surface area contributed by atoms with E-state index < -0.39 is 6.04 Å². The topological polar surface area (TPSA) is 75.4 Å². The molecule has 6 heteroatoms. The monoisotopic (exact) mass is 327 g/mol. The summed E-state index contributed by atoms with van der Waals surface area (Å²) in [6.07, 6.45) is 0.960. The number of carbonyl (C=O) groups excluding carboxylic acids is 2. The molecule has 1 aromatic carbocycles. The number of hydrogen-bond donors (Lipinski definition) is 1. The highest BCUT2D eigenvalue weighted by Crippen LogP contribution is 2.22. The van der Waals surface area contributed by atoms with E-state index in [0.717, 1.165) is 5.56 Å². The third-order valence-corrected chi connectivity index (χ3v) is 4.22. The van der Waals surface area contributed by atoms with Crippen molar-refractivity contribution in [3.8, 4) is 0 Å². The summed E-state index contributed by atoms with van der Waals surface area (Å²) in [5.41, 5.74) is 2.87. The molecule has 0 radical (unpaired) electrons.